The van der Waals surface area contributed by atoms with E-state index in [4.69, 9.17) is 4.74 Å². The fraction of sp³-hybridized carbons (Fsp3) is 0.875. The molecular weight excluding hydrogens is 222 g/mol. The van der Waals surface area contributed by atoms with Gasteiger partial charge in [0.1, 0.15) is 0 Å². The van der Waals surface area contributed by atoms with Crippen LogP contribution in [0.1, 0.15) is 53.4 Å². The van der Waals surface area contributed by atoms with E-state index in [-0.39, 0.29) is 0 Å². The molecule has 2 heteroatoms. The van der Waals surface area contributed by atoms with Crippen molar-refractivity contribution in [3.63, 3.8) is 0 Å². The van der Waals surface area contributed by atoms with Gasteiger partial charge >= 0.3 is 0 Å². The molecule has 1 aliphatic carbocycles. The zero-order chi connectivity index (χ0) is 13.4. The number of rotatable bonds is 8. The van der Waals surface area contributed by atoms with Crippen molar-refractivity contribution in [2.75, 3.05) is 13.2 Å². The molecular formula is C16H31NO. The molecule has 0 aromatic heterocycles. The zero-order valence-electron chi connectivity index (χ0n) is 12.6. The van der Waals surface area contributed by atoms with E-state index in [0.717, 1.165) is 19.1 Å². The van der Waals surface area contributed by atoms with Crippen molar-refractivity contribution in [1.29, 1.82) is 0 Å². The molecule has 0 heterocycles. The summed E-state index contributed by atoms with van der Waals surface area (Å²) in [6.45, 7) is 10.9. The summed E-state index contributed by atoms with van der Waals surface area (Å²) >= 11 is 0. The van der Waals surface area contributed by atoms with Gasteiger partial charge in [-0.3, -0.25) is 0 Å². The zero-order valence-corrected chi connectivity index (χ0v) is 12.6. The van der Waals surface area contributed by atoms with Crippen molar-refractivity contribution < 1.29 is 4.74 Å². The maximum atomic E-state index is 5.99. The normalized spacial score (nSPS) is 25.6. The second kappa shape index (κ2) is 8.71. The average molecular weight is 253 g/mol. The molecule has 3 unspecified atom stereocenters. The second-order valence-corrected chi connectivity index (χ2v) is 5.75. The van der Waals surface area contributed by atoms with Crippen molar-refractivity contribution >= 4 is 0 Å². The summed E-state index contributed by atoms with van der Waals surface area (Å²) in [4.78, 5) is 0. The molecule has 0 bridgehead atoms. The van der Waals surface area contributed by atoms with Gasteiger partial charge in [0, 0.05) is 12.6 Å². The fourth-order valence-corrected chi connectivity index (χ4v) is 2.50. The highest BCUT2D eigenvalue weighted by Crippen LogP contribution is 2.25. The minimum absolute atomic E-state index is 0.323. The van der Waals surface area contributed by atoms with E-state index in [2.05, 4.69) is 45.2 Å². The molecule has 18 heavy (non-hydrogen) atoms. The van der Waals surface area contributed by atoms with Gasteiger partial charge in [0.05, 0.1) is 12.7 Å². The first-order valence-electron chi connectivity index (χ1n) is 7.67. The summed E-state index contributed by atoms with van der Waals surface area (Å²) in [6, 6.07) is 0.646. The van der Waals surface area contributed by atoms with Gasteiger partial charge in [0.15, 0.2) is 0 Å². The molecule has 0 aliphatic heterocycles. The Morgan fingerprint density at radius 3 is 2.50 bits per heavy atom. The number of hydrogen-bond acceptors (Lipinski definition) is 2. The Labute approximate surface area is 113 Å². The van der Waals surface area contributed by atoms with Crippen molar-refractivity contribution in [3.05, 3.63) is 12.2 Å². The van der Waals surface area contributed by atoms with Crippen LogP contribution in [0.15, 0.2) is 12.2 Å². The SMILES string of the molecule is CCC(CC)NCC(C)OCC1CC=CCC1C. The van der Waals surface area contributed by atoms with E-state index in [1.54, 1.807) is 0 Å². The summed E-state index contributed by atoms with van der Waals surface area (Å²) in [5, 5.41) is 3.58. The van der Waals surface area contributed by atoms with Gasteiger partial charge in [-0.1, -0.05) is 32.9 Å². The molecule has 2 nitrogen and oxygen atoms in total. The Morgan fingerprint density at radius 2 is 1.89 bits per heavy atom. The highest BCUT2D eigenvalue weighted by atomic mass is 16.5. The molecule has 0 radical (unpaired) electrons. The van der Waals surface area contributed by atoms with Crippen molar-refractivity contribution in [2.24, 2.45) is 11.8 Å². The lowest BCUT2D eigenvalue weighted by Crippen LogP contribution is -2.35. The molecule has 0 aromatic rings. The van der Waals surface area contributed by atoms with Gasteiger partial charge < -0.3 is 10.1 Å². The molecule has 0 aromatic carbocycles. The van der Waals surface area contributed by atoms with Crippen LogP contribution in [0.4, 0.5) is 0 Å². The standard InChI is InChI=1S/C16H31NO/c1-5-16(6-2)17-11-14(4)18-12-15-10-8-7-9-13(15)3/h7-8,13-17H,5-6,9-12H2,1-4H3. The number of allylic oxidation sites excluding steroid dienone is 2. The van der Waals surface area contributed by atoms with E-state index in [0.29, 0.717) is 18.1 Å². The summed E-state index contributed by atoms with van der Waals surface area (Å²) in [5.74, 6) is 1.49. The Kier molecular flexibility index (Phi) is 7.60. The second-order valence-electron chi connectivity index (χ2n) is 5.75. The van der Waals surface area contributed by atoms with E-state index in [1.807, 2.05) is 0 Å². The minimum atomic E-state index is 0.323. The Hall–Kier alpha value is -0.340. The van der Waals surface area contributed by atoms with Gasteiger partial charge in [-0.2, -0.15) is 0 Å². The van der Waals surface area contributed by atoms with Crippen LogP contribution in [0.25, 0.3) is 0 Å². The maximum Gasteiger partial charge on any atom is 0.0671 e. The molecule has 0 amide bonds. The predicted molar refractivity (Wildman–Crippen MR) is 78.8 cm³/mol. The molecule has 0 fully saturated rings. The molecule has 0 spiro atoms. The summed E-state index contributed by atoms with van der Waals surface area (Å²) in [6.07, 6.45) is 9.74. The van der Waals surface area contributed by atoms with Gasteiger partial charge in [-0.05, 0) is 44.4 Å². The van der Waals surface area contributed by atoms with Crippen molar-refractivity contribution in [1.82, 2.24) is 5.32 Å². The highest BCUT2D eigenvalue weighted by molar-refractivity contribution is 4.93. The third-order valence-corrected chi connectivity index (χ3v) is 4.19. The fourth-order valence-electron chi connectivity index (χ4n) is 2.50. The van der Waals surface area contributed by atoms with E-state index >= 15 is 0 Å². The van der Waals surface area contributed by atoms with Crippen molar-refractivity contribution in [2.45, 2.75) is 65.5 Å². The van der Waals surface area contributed by atoms with Gasteiger partial charge in [-0.15, -0.1) is 0 Å². The Balaban J connectivity index is 2.16. The Morgan fingerprint density at radius 1 is 1.22 bits per heavy atom. The lowest BCUT2D eigenvalue weighted by atomic mass is 9.85. The van der Waals surface area contributed by atoms with Crippen LogP contribution in [0.5, 0.6) is 0 Å². The van der Waals surface area contributed by atoms with Crippen LogP contribution < -0.4 is 5.32 Å². The lowest BCUT2D eigenvalue weighted by Gasteiger charge is -2.27. The van der Waals surface area contributed by atoms with Crippen LogP contribution in [-0.4, -0.2) is 25.3 Å². The van der Waals surface area contributed by atoms with Crippen LogP contribution in [0.3, 0.4) is 0 Å². The first-order valence-corrected chi connectivity index (χ1v) is 7.67. The summed E-state index contributed by atoms with van der Waals surface area (Å²) < 4.78 is 5.99. The van der Waals surface area contributed by atoms with Crippen LogP contribution in [-0.2, 0) is 4.74 Å². The highest BCUT2D eigenvalue weighted by Gasteiger charge is 2.19. The van der Waals surface area contributed by atoms with E-state index in [1.165, 1.54) is 25.7 Å². The molecule has 0 saturated carbocycles. The number of hydrogen-bond donors (Lipinski definition) is 1. The lowest BCUT2D eigenvalue weighted by molar-refractivity contribution is 0.0255. The van der Waals surface area contributed by atoms with Gasteiger partial charge in [-0.25, -0.2) is 0 Å². The predicted octanol–water partition coefficient (Wildman–Crippen LogP) is 3.77. The monoisotopic (exact) mass is 253 g/mol. The topological polar surface area (TPSA) is 21.3 Å². The van der Waals surface area contributed by atoms with Crippen molar-refractivity contribution in [3.8, 4) is 0 Å². The molecule has 1 aliphatic rings. The number of ether oxygens (including phenoxy) is 1. The van der Waals surface area contributed by atoms with Gasteiger partial charge in [0.2, 0.25) is 0 Å². The molecule has 1 rings (SSSR count). The maximum absolute atomic E-state index is 5.99. The molecule has 106 valence electrons. The molecule has 1 N–H and O–H groups in total. The van der Waals surface area contributed by atoms with E-state index in [9.17, 15) is 0 Å². The summed E-state index contributed by atoms with van der Waals surface area (Å²) in [7, 11) is 0. The third kappa shape index (κ3) is 5.53. The van der Waals surface area contributed by atoms with E-state index < -0.39 is 0 Å². The Bertz CT molecular complexity index is 235. The third-order valence-electron chi connectivity index (χ3n) is 4.19. The first-order chi connectivity index (χ1) is 8.67. The quantitative estimate of drug-likeness (QED) is 0.665. The number of nitrogens with one attached hydrogen (secondary N) is 1. The smallest absolute Gasteiger partial charge is 0.0671 e. The van der Waals surface area contributed by atoms with Crippen LogP contribution in [0, 0.1) is 11.8 Å². The largest absolute Gasteiger partial charge is 0.377 e. The summed E-state index contributed by atoms with van der Waals surface area (Å²) in [5.41, 5.74) is 0. The molecule has 3 atom stereocenters. The molecule has 0 saturated heterocycles. The van der Waals surface area contributed by atoms with Crippen LogP contribution >= 0.6 is 0 Å². The minimum Gasteiger partial charge on any atom is -0.377 e. The van der Waals surface area contributed by atoms with Crippen LogP contribution in [0.2, 0.25) is 0 Å². The average Bonchev–Trinajstić information content (AvgIpc) is 2.39. The van der Waals surface area contributed by atoms with Gasteiger partial charge in [0.25, 0.3) is 0 Å². The first kappa shape index (κ1) is 15.7.